The molecule has 0 aromatic carbocycles. The number of piperazine rings is 1. The molecular formula is C13H20N4O3. The molecule has 2 rings (SSSR count). The molecule has 1 fully saturated rings. The summed E-state index contributed by atoms with van der Waals surface area (Å²) in [6.45, 7) is 5.76. The van der Waals surface area contributed by atoms with Gasteiger partial charge in [0.05, 0.1) is 5.69 Å². The molecule has 1 N–H and O–H groups in total. The van der Waals surface area contributed by atoms with E-state index in [-0.39, 0.29) is 5.91 Å². The summed E-state index contributed by atoms with van der Waals surface area (Å²) in [5, 5.41) is 13.2. The summed E-state index contributed by atoms with van der Waals surface area (Å²) in [6, 6.07) is 1.26. The van der Waals surface area contributed by atoms with Gasteiger partial charge in [-0.15, -0.1) is 0 Å². The molecule has 0 aliphatic carbocycles. The maximum Gasteiger partial charge on any atom is 0.320 e. The fourth-order valence-corrected chi connectivity index (χ4v) is 2.44. The Morgan fingerprint density at radius 1 is 1.30 bits per heavy atom. The Morgan fingerprint density at radius 2 is 1.90 bits per heavy atom. The van der Waals surface area contributed by atoms with E-state index in [1.807, 2.05) is 11.8 Å². The molecule has 1 aliphatic rings. The van der Waals surface area contributed by atoms with Crippen LogP contribution in [0.4, 0.5) is 0 Å². The molecule has 1 atom stereocenters. The van der Waals surface area contributed by atoms with Gasteiger partial charge in [0.1, 0.15) is 11.7 Å². The van der Waals surface area contributed by atoms with E-state index >= 15 is 0 Å². The second-order valence-corrected chi connectivity index (χ2v) is 5.14. The second kappa shape index (κ2) is 5.62. The van der Waals surface area contributed by atoms with Crippen molar-refractivity contribution < 1.29 is 14.7 Å². The molecule has 110 valence electrons. The summed E-state index contributed by atoms with van der Waals surface area (Å²) in [5.41, 5.74) is 1.39. The standard InChI is InChI=1S/C13H20N4O3/c1-9-8-11(15(3)14-9)12(18)17-6-4-16(5-7-17)10(2)13(19)20/h8,10H,4-7H2,1-3H3,(H,19,20). The number of hydrogen-bond acceptors (Lipinski definition) is 4. The first-order valence-electron chi connectivity index (χ1n) is 6.67. The fraction of sp³-hybridized carbons (Fsp3) is 0.615. The van der Waals surface area contributed by atoms with E-state index in [0.29, 0.717) is 31.9 Å². The second-order valence-electron chi connectivity index (χ2n) is 5.14. The van der Waals surface area contributed by atoms with Gasteiger partial charge in [0.15, 0.2) is 0 Å². The number of aryl methyl sites for hydroxylation is 2. The van der Waals surface area contributed by atoms with Crippen molar-refractivity contribution in [3.05, 3.63) is 17.5 Å². The van der Waals surface area contributed by atoms with Gasteiger partial charge in [-0.25, -0.2) is 0 Å². The first-order chi connectivity index (χ1) is 9.40. The van der Waals surface area contributed by atoms with Gasteiger partial charge in [0.2, 0.25) is 0 Å². The number of hydrogen-bond donors (Lipinski definition) is 1. The van der Waals surface area contributed by atoms with Crippen molar-refractivity contribution in [3.8, 4) is 0 Å². The molecule has 0 radical (unpaired) electrons. The van der Waals surface area contributed by atoms with Gasteiger partial charge in [-0.3, -0.25) is 19.2 Å². The highest BCUT2D eigenvalue weighted by Gasteiger charge is 2.28. The number of amides is 1. The first kappa shape index (κ1) is 14.5. The van der Waals surface area contributed by atoms with E-state index in [1.54, 1.807) is 29.6 Å². The third kappa shape index (κ3) is 2.82. The molecular weight excluding hydrogens is 260 g/mol. The van der Waals surface area contributed by atoms with Crippen molar-refractivity contribution in [2.45, 2.75) is 19.9 Å². The number of nitrogens with zero attached hydrogens (tertiary/aromatic N) is 4. The predicted molar refractivity (Wildman–Crippen MR) is 72.5 cm³/mol. The van der Waals surface area contributed by atoms with Gasteiger partial charge < -0.3 is 10.0 Å². The number of carboxylic acid groups (broad SMARTS) is 1. The lowest BCUT2D eigenvalue weighted by molar-refractivity contribution is -0.143. The highest BCUT2D eigenvalue weighted by atomic mass is 16.4. The van der Waals surface area contributed by atoms with E-state index in [1.165, 1.54) is 0 Å². The van der Waals surface area contributed by atoms with Crippen LogP contribution in [0.15, 0.2) is 6.07 Å². The van der Waals surface area contributed by atoms with Crippen molar-refractivity contribution in [2.75, 3.05) is 26.2 Å². The SMILES string of the molecule is Cc1cc(C(=O)N2CCN(C(C)C(=O)O)CC2)n(C)n1. The minimum Gasteiger partial charge on any atom is -0.480 e. The summed E-state index contributed by atoms with van der Waals surface area (Å²) in [4.78, 5) is 27.0. The van der Waals surface area contributed by atoms with Gasteiger partial charge in [0.25, 0.3) is 5.91 Å². The van der Waals surface area contributed by atoms with Crippen LogP contribution >= 0.6 is 0 Å². The van der Waals surface area contributed by atoms with Crippen LogP contribution < -0.4 is 0 Å². The lowest BCUT2D eigenvalue weighted by Crippen LogP contribution is -2.53. The number of carboxylic acids is 1. The molecule has 1 aliphatic heterocycles. The Bertz CT molecular complexity index is 518. The Labute approximate surface area is 117 Å². The molecule has 1 saturated heterocycles. The van der Waals surface area contributed by atoms with Gasteiger partial charge in [-0.1, -0.05) is 0 Å². The number of aliphatic carboxylic acids is 1. The van der Waals surface area contributed by atoms with E-state index in [9.17, 15) is 9.59 Å². The van der Waals surface area contributed by atoms with Crippen LogP contribution in [-0.4, -0.2) is 68.8 Å². The topological polar surface area (TPSA) is 78.7 Å². The lowest BCUT2D eigenvalue weighted by Gasteiger charge is -2.36. The molecule has 1 amide bonds. The minimum absolute atomic E-state index is 0.0456. The monoisotopic (exact) mass is 280 g/mol. The van der Waals surface area contributed by atoms with Crippen LogP contribution in [0.2, 0.25) is 0 Å². The Hall–Kier alpha value is -1.89. The van der Waals surface area contributed by atoms with E-state index in [0.717, 1.165) is 5.69 Å². The van der Waals surface area contributed by atoms with E-state index in [2.05, 4.69) is 5.10 Å². The molecule has 0 bridgehead atoms. The molecule has 2 heterocycles. The average molecular weight is 280 g/mol. The van der Waals surface area contributed by atoms with Crippen LogP contribution in [-0.2, 0) is 11.8 Å². The van der Waals surface area contributed by atoms with Crippen LogP contribution in [0.5, 0.6) is 0 Å². The van der Waals surface area contributed by atoms with Crippen molar-refractivity contribution in [2.24, 2.45) is 7.05 Å². The number of carbonyl (C=O) groups is 2. The summed E-state index contributed by atoms with van der Waals surface area (Å²) in [7, 11) is 1.75. The Kier molecular flexibility index (Phi) is 4.08. The molecule has 20 heavy (non-hydrogen) atoms. The van der Waals surface area contributed by atoms with Gasteiger partial charge in [-0.2, -0.15) is 5.10 Å². The zero-order valence-corrected chi connectivity index (χ0v) is 12.0. The van der Waals surface area contributed by atoms with Crippen LogP contribution in [0, 0.1) is 6.92 Å². The molecule has 1 unspecified atom stereocenters. The first-order valence-corrected chi connectivity index (χ1v) is 6.67. The van der Waals surface area contributed by atoms with Gasteiger partial charge >= 0.3 is 5.97 Å². The molecule has 0 saturated carbocycles. The largest absolute Gasteiger partial charge is 0.480 e. The van der Waals surface area contributed by atoms with Crippen molar-refractivity contribution >= 4 is 11.9 Å². The fourth-order valence-electron chi connectivity index (χ4n) is 2.44. The van der Waals surface area contributed by atoms with Gasteiger partial charge in [0, 0.05) is 33.2 Å². The zero-order valence-electron chi connectivity index (χ0n) is 12.0. The molecule has 1 aromatic heterocycles. The van der Waals surface area contributed by atoms with Crippen molar-refractivity contribution in [3.63, 3.8) is 0 Å². The molecule has 1 aromatic rings. The third-order valence-electron chi connectivity index (χ3n) is 3.73. The Morgan fingerprint density at radius 3 is 2.35 bits per heavy atom. The summed E-state index contributed by atoms with van der Waals surface area (Å²) < 4.78 is 1.59. The normalized spacial score (nSPS) is 18.1. The maximum atomic E-state index is 12.4. The van der Waals surface area contributed by atoms with E-state index in [4.69, 9.17) is 5.11 Å². The molecule has 0 spiro atoms. The average Bonchev–Trinajstić information content (AvgIpc) is 2.76. The van der Waals surface area contributed by atoms with Gasteiger partial charge in [-0.05, 0) is 19.9 Å². The quantitative estimate of drug-likeness (QED) is 0.840. The minimum atomic E-state index is -0.827. The highest BCUT2D eigenvalue weighted by Crippen LogP contribution is 2.11. The summed E-state index contributed by atoms with van der Waals surface area (Å²) >= 11 is 0. The maximum absolute atomic E-state index is 12.4. The summed E-state index contributed by atoms with van der Waals surface area (Å²) in [6.07, 6.45) is 0. The molecule has 7 nitrogen and oxygen atoms in total. The van der Waals surface area contributed by atoms with Crippen LogP contribution in [0.3, 0.4) is 0 Å². The lowest BCUT2D eigenvalue weighted by atomic mass is 10.2. The smallest absolute Gasteiger partial charge is 0.320 e. The van der Waals surface area contributed by atoms with E-state index < -0.39 is 12.0 Å². The summed E-state index contributed by atoms with van der Waals surface area (Å²) in [5.74, 6) is -0.872. The number of rotatable bonds is 3. The predicted octanol–water partition coefficient (Wildman–Crippen LogP) is -0.0406. The highest BCUT2D eigenvalue weighted by molar-refractivity contribution is 5.92. The van der Waals surface area contributed by atoms with Crippen LogP contribution in [0.25, 0.3) is 0 Å². The zero-order chi connectivity index (χ0) is 14.9. The van der Waals surface area contributed by atoms with Crippen molar-refractivity contribution in [1.82, 2.24) is 19.6 Å². The third-order valence-corrected chi connectivity index (χ3v) is 3.73. The van der Waals surface area contributed by atoms with Crippen molar-refractivity contribution in [1.29, 1.82) is 0 Å². The molecule has 7 heteroatoms. The number of carbonyl (C=O) groups excluding carboxylic acids is 1. The van der Waals surface area contributed by atoms with Crippen LogP contribution in [0.1, 0.15) is 23.1 Å². The number of aromatic nitrogens is 2. The Balaban J connectivity index is 1.99.